The quantitative estimate of drug-likeness (QED) is 0.785. The van der Waals surface area contributed by atoms with Crippen LogP contribution in [0.15, 0.2) is 16.6 Å². The van der Waals surface area contributed by atoms with E-state index in [-0.39, 0.29) is 15.6 Å². The second-order valence-electron chi connectivity index (χ2n) is 2.27. The van der Waals surface area contributed by atoms with Gasteiger partial charge >= 0.3 is 5.97 Å². The van der Waals surface area contributed by atoms with Gasteiger partial charge in [0.1, 0.15) is 11.3 Å². The molecule has 0 saturated carbocycles. The van der Waals surface area contributed by atoms with Gasteiger partial charge in [0.2, 0.25) is 0 Å². The number of halogens is 1. The number of phenols is 1. The summed E-state index contributed by atoms with van der Waals surface area (Å²) in [5, 5.41) is 26.3. The van der Waals surface area contributed by atoms with Gasteiger partial charge in [-0.05, 0) is 28.1 Å². The molecule has 0 spiro atoms. The maximum atomic E-state index is 10.6. The van der Waals surface area contributed by atoms with Crippen molar-refractivity contribution in [1.29, 1.82) is 5.26 Å². The van der Waals surface area contributed by atoms with Crippen LogP contribution in [0.4, 0.5) is 0 Å². The molecule has 5 heteroatoms. The van der Waals surface area contributed by atoms with Crippen LogP contribution in [0.5, 0.6) is 5.75 Å². The van der Waals surface area contributed by atoms with Gasteiger partial charge in [0.15, 0.2) is 0 Å². The van der Waals surface area contributed by atoms with Gasteiger partial charge in [-0.1, -0.05) is 0 Å². The third-order valence-corrected chi connectivity index (χ3v) is 2.04. The minimum Gasteiger partial charge on any atom is -0.507 e. The molecule has 0 aliphatic carbocycles. The number of carboxylic acid groups (broad SMARTS) is 1. The van der Waals surface area contributed by atoms with Gasteiger partial charge in [-0.25, -0.2) is 4.79 Å². The molecule has 0 fully saturated rings. The minimum absolute atomic E-state index is 0.191. The lowest BCUT2D eigenvalue weighted by atomic mass is 10.1. The molecule has 66 valence electrons. The molecule has 0 saturated heterocycles. The Morgan fingerprint density at radius 2 is 2.15 bits per heavy atom. The largest absolute Gasteiger partial charge is 0.507 e. The van der Waals surface area contributed by atoms with Crippen molar-refractivity contribution in [2.75, 3.05) is 0 Å². The highest BCUT2D eigenvalue weighted by Crippen LogP contribution is 2.27. The molecule has 2 N–H and O–H groups in total. The smallest absolute Gasteiger partial charge is 0.340 e. The fourth-order valence-corrected chi connectivity index (χ4v) is 1.49. The number of carboxylic acids is 1. The van der Waals surface area contributed by atoms with Crippen LogP contribution in [0.25, 0.3) is 0 Å². The Labute approximate surface area is 82.2 Å². The molecule has 0 bridgehead atoms. The lowest BCUT2D eigenvalue weighted by Crippen LogP contribution is -1.98. The number of hydrogen-bond acceptors (Lipinski definition) is 3. The van der Waals surface area contributed by atoms with E-state index >= 15 is 0 Å². The highest BCUT2D eigenvalue weighted by Gasteiger charge is 2.14. The Kier molecular flexibility index (Phi) is 2.54. The highest BCUT2D eigenvalue weighted by molar-refractivity contribution is 9.10. The Morgan fingerprint density at radius 1 is 1.54 bits per heavy atom. The van der Waals surface area contributed by atoms with Crippen molar-refractivity contribution in [3.05, 3.63) is 27.7 Å². The SMILES string of the molecule is N#Cc1cc(O)c(C(=O)O)c(Br)c1. The molecule has 4 nitrogen and oxygen atoms in total. The molecular weight excluding hydrogens is 238 g/mol. The molecule has 0 radical (unpaired) electrons. The number of aromatic hydroxyl groups is 1. The molecule has 1 rings (SSSR count). The van der Waals surface area contributed by atoms with Crippen molar-refractivity contribution in [3.8, 4) is 11.8 Å². The monoisotopic (exact) mass is 241 g/mol. The average molecular weight is 242 g/mol. The third kappa shape index (κ3) is 1.79. The van der Waals surface area contributed by atoms with Crippen LogP contribution in [0.3, 0.4) is 0 Å². The van der Waals surface area contributed by atoms with Crippen LogP contribution in [-0.4, -0.2) is 16.2 Å². The van der Waals surface area contributed by atoms with Crippen LogP contribution in [-0.2, 0) is 0 Å². The highest BCUT2D eigenvalue weighted by atomic mass is 79.9. The topological polar surface area (TPSA) is 81.3 Å². The third-order valence-electron chi connectivity index (χ3n) is 1.41. The number of carbonyl (C=O) groups is 1. The summed E-state index contributed by atoms with van der Waals surface area (Å²) in [6.45, 7) is 0. The molecule has 1 aromatic rings. The van der Waals surface area contributed by atoms with Crippen molar-refractivity contribution in [2.45, 2.75) is 0 Å². The van der Waals surface area contributed by atoms with E-state index in [1.807, 2.05) is 0 Å². The van der Waals surface area contributed by atoms with E-state index in [0.717, 1.165) is 6.07 Å². The first kappa shape index (κ1) is 9.55. The maximum Gasteiger partial charge on any atom is 0.340 e. The number of nitriles is 1. The first-order valence-electron chi connectivity index (χ1n) is 3.22. The van der Waals surface area contributed by atoms with Gasteiger partial charge in [0, 0.05) is 4.47 Å². The maximum absolute atomic E-state index is 10.6. The zero-order chi connectivity index (χ0) is 10.0. The summed E-state index contributed by atoms with van der Waals surface area (Å²) in [6, 6.07) is 4.23. The number of nitrogens with zero attached hydrogens (tertiary/aromatic N) is 1. The molecule has 1 aromatic carbocycles. The molecule has 13 heavy (non-hydrogen) atoms. The van der Waals surface area contributed by atoms with Gasteiger partial charge in [-0.3, -0.25) is 0 Å². The van der Waals surface area contributed by atoms with E-state index in [2.05, 4.69) is 15.9 Å². The molecule has 0 unspecified atom stereocenters. The summed E-state index contributed by atoms with van der Waals surface area (Å²) in [7, 11) is 0. The van der Waals surface area contributed by atoms with Crippen molar-refractivity contribution in [3.63, 3.8) is 0 Å². The summed E-state index contributed by atoms with van der Waals surface area (Å²) in [6.07, 6.45) is 0. The standard InChI is InChI=1S/C8H4BrNO3/c9-5-1-4(3-10)2-6(11)7(5)8(12)13/h1-2,11H,(H,12,13). The number of hydrogen-bond donors (Lipinski definition) is 2. The normalized spacial score (nSPS) is 9.23. The molecule has 0 heterocycles. The van der Waals surface area contributed by atoms with Crippen LogP contribution in [0.2, 0.25) is 0 Å². The van der Waals surface area contributed by atoms with Crippen LogP contribution in [0.1, 0.15) is 15.9 Å². The molecule has 0 amide bonds. The predicted molar refractivity (Wildman–Crippen MR) is 47.5 cm³/mol. The molecule has 0 aliphatic heterocycles. The van der Waals surface area contributed by atoms with Gasteiger partial charge in [0.25, 0.3) is 0 Å². The summed E-state index contributed by atoms with van der Waals surface area (Å²) in [5.74, 6) is -1.66. The Morgan fingerprint density at radius 3 is 2.54 bits per heavy atom. The zero-order valence-electron chi connectivity index (χ0n) is 6.28. The van der Waals surface area contributed by atoms with Crippen molar-refractivity contribution in [2.24, 2.45) is 0 Å². The van der Waals surface area contributed by atoms with Crippen LogP contribution >= 0.6 is 15.9 Å². The van der Waals surface area contributed by atoms with Crippen LogP contribution < -0.4 is 0 Å². The Bertz CT molecular complexity index is 385. The zero-order valence-corrected chi connectivity index (χ0v) is 7.87. The van der Waals surface area contributed by atoms with Crippen LogP contribution in [0, 0.1) is 11.3 Å². The predicted octanol–water partition coefficient (Wildman–Crippen LogP) is 1.72. The van der Waals surface area contributed by atoms with E-state index in [9.17, 15) is 9.90 Å². The van der Waals surface area contributed by atoms with E-state index < -0.39 is 11.7 Å². The lowest BCUT2D eigenvalue weighted by molar-refractivity contribution is 0.0692. The number of benzene rings is 1. The van der Waals surface area contributed by atoms with Gasteiger partial charge in [-0.2, -0.15) is 5.26 Å². The van der Waals surface area contributed by atoms with Gasteiger partial charge in [0.05, 0.1) is 11.6 Å². The van der Waals surface area contributed by atoms with Crippen molar-refractivity contribution in [1.82, 2.24) is 0 Å². The van der Waals surface area contributed by atoms with Gasteiger partial charge in [-0.15, -0.1) is 0 Å². The summed E-state index contributed by atoms with van der Waals surface area (Å²) >= 11 is 2.95. The fourth-order valence-electron chi connectivity index (χ4n) is 0.868. The van der Waals surface area contributed by atoms with E-state index in [4.69, 9.17) is 10.4 Å². The van der Waals surface area contributed by atoms with Gasteiger partial charge < -0.3 is 10.2 Å². The fraction of sp³-hybridized carbons (Fsp3) is 0. The second kappa shape index (κ2) is 3.46. The average Bonchev–Trinajstić information content (AvgIpc) is 2.02. The van der Waals surface area contributed by atoms with Crippen molar-refractivity contribution >= 4 is 21.9 Å². The summed E-state index contributed by atoms with van der Waals surface area (Å²) in [5.41, 5.74) is -0.0339. The minimum atomic E-state index is -1.24. The molecule has 0 aromatic heterocycles. The number of aromatic carboxylic acids is 1. The van der Waals surface area contributed by atoms with Crippen molar-refractivity contribution < 1.29 is 15.0 Å². The Balaban J connectivity index is 3.42. The van der Waals surface area contributed by atoms with E-state index in [1.165, 1.54) is 6.07 Å². The Hall–Kier alpha value is -1.54. The second-order valence-corrected chi connectivity index (χ2v) is 3.12. The number of rotatable bonds is 1. The lowest BCUT2D eigenvalue weighted by Gasteiger charge is -2.01. The molecule has 0 atom stereocenters. The first-order chi connectivity index (χ1) is 6.06. The molecule has 0 aliphatic rings. The van der Waals surface area contributed by atoms with E-state index in [0.29, 0.717) is 0 Å². The first-order valence-corrected chi connectivity index (χ1v) is 4.01. The summed E-state index contributed by atoms with van der Waals surface area (Å²) in [4.78, 5) is 10.6. The van der Waals surface area contributed by atoms with E-state index in [1.54, 1.807) is 6.07 Å². The molecular formula is C8H4BrNO3. The summed E-state index contributed by atoms with van der Waals surface area (Å²) < 4.78 is 0.191.